The maximum Gasteiger partial charge on any atom is 0.293 e. The number of nitro benzene ring substituents is 1. The normalized spacial score (nSPS) is 14.3. The van der Waals surface area contributed by atoms with Crippen LogP contribution < -0.4 is 10.1 Å². The summed E-state index contributed by atoms with van der Waals surface area (Å²) < 4.78 is 5.60. The fourth-order valence-electron chi connectivity index (χ4n) is 3.89. The van der Waals surface area contributed by atoms with E-state index in [-0.39, 0.29) is 41.1 Å². The third kappa shape index (κ3) is 6.27. The lowest BCUT2D eigenvalue weighted by Crippen LogP contribution is -2.27. The van der Waals surface area contributed by atoms with Gasteiger partial charge in [0.15, 0.2) is 6.61 Å². The van der Waals surface area contributed by atoms with Gasteiger partial charge in [0.05, 0.1) is 16.4 Å². The molecule has 0 atom stereocenters. The van der Waals surface area contributed by atoms with Gasteiger partial charge in [-0.3, -0.25) is 29.4 Å². The molecule has 38 heavy (non-hydrogen) atoms. The second kappa shape index (κ2) is 11.7. The van der Waals surface area contributed by atoms with Gasteiger partial charge in [0, 0.05) is 17.3 Å². The minimum absolute atomic E-state index is 0.149. The zero-order chi connectivity index (χ0) is 27.2. The molecule has 1 saturated heterocycles. The van der Waals surface area contributed by atoms with Gasteiger partial charge in [-0.25, -0.2) is 0 Å². The second-order valence-electron chi connectivity index (χ2n) is 8.80. The molecular formula is C28H25N3O6S. The first-order valence-electron chi connectivity index (χ1n) is 11.8. The minimum Gasteiger partial charge on any atom is -0.484 e. The number of carbonyl (C=O) groups excluding carboxylic acids is 3. The highest BCUT2D eigenvalue weighted by molar-refractivity contribution is 8.18. The summed E-state index contributed by atoms with van der Waals surface area (Å²) in [6.45, 7) is 3.75. The third-order valence-electron chi connectivity index (χ3n) is 5.80. The topological polar surface area (TPSA) is 119 Å². The third-order valence-corrected chi connectivity index (χ3v) is 6.70. The summed E-state index contributed by atoms with van der Waals surface area (Å²) in [4.78, 5) is 49.6. The van der Waals surface area contributed by atoms with Gasteiger partial charge in [-0.2, -0.15) is 0 Å². The molecule has 3 amide bonds. The van der Waals surface area contributed by atoms with Crippen LogP contribution in [0, 0.1) is 10.1 Å². The average Bonchev–Trinajstić information content (AvgIpc) is 3.16. The molecule has 3 aromatic carbocycles. The minimum atomic E-state index is -0.540. The number of carbonyl (C=O) groups is 3. The molecule has 3 aromatic rings. The first-order chi connectivity index (χ1) is 18.2. The van der Waals surface area contributed by atoms with Crippen molar-refractivity contribution in [1.29, 1.82) is 0 Å². The summed E-state index contributed by atoms with van der Waals surface area (Å²) in [5.41, 5.74) is 2.57. The lowest BCUT2D eigenvalue weighted by molar-refractivity contribution is -0.385. The van der Waals surface area contributed by atoms with Gasteiger partial charge >= 0.3 is 0 Å². The predicted octanol–water partition coefficient (Wildman–Crippen LogP) is 5.97. The molecular weight excluding hydrogens is 506 g/mol. The van der Waals surface area contributed by atoms with Crippen molar-refractivity contribution < 1.29 is 24.0 Å². The first kappa shape index (κ1) is 26.6. The van der Waals surface area contributed by atoms with Crippen molar-refractivity contribution in [2.75, 3.05) is 11.9 Å². The second-order valence-corrected chi connectivity index (χ2v) is 9.79. The maximum absolute atomic E-state index is 12.8. The van der Waals surface area contributed by atoms with Crippen molar-refractivity contribution in [1.82, 2.24) is 4.90 Å². The summed E-state index contributed by atoms with van der Waals surface area (Å²) >= 11 is 0.777. The lowest BCUT2D eigenvalue weighted by Gasteiger charge is -2.14. The van der Waals surface area contributed by atoms with Crippen molar-refractivity contribution in [2.45, 2.75) is 26.3 Å². The zero-order valence-electron chi connectivity index (χ0n) is 20.7. The predicted molar refractivity (Wildman–Crippen MR) is 146 cm³/mol. The Morgan fingerprint density at radius 1 is 1.05 bits per heavy atom. The van der Waals surface area contributed by atoms with Crippen LogP contribution in [0.2, 0.25) is 0 Å². The van der Waals surface area contributed by atoms with E-state index in [0.29, 0.717) is 11.3 Å². The highest BCUT2D eigenvalue weighted by atomic mass is 32.2. The summed E-state index contributed by atoms with van der Waals surface area (Å²) in [5.74, 6) is -0.0662. The van der Waals surface area contributed by atoms with Crippen LogP contribution in [0.4, 0.5) is 16.2 Å². The molecule has 0 spiro atoms. The summed E-state index contributed by atoms with van der Waals surface area (Å²) in [6, 6.07) is 20.4. The SMILES string of the molecule is CC(C)c1ccccc1NC(=O)COc1ccc(/C=C2\SC(=O)N(Cc3ccccc3[N+](=O)[O-])C2=O)cc1. The summed E-state index contributed by atoms with van der Waals surface area (Å²) in [6.07, 6.45) is 1.57. The van der Waals surface area contributed by atoms with Crippen molar-refractivity contribution >= 4 is 46.3 Å². The van der Waals surface area contributed by atoms with E-state index in [2.05, 4.69) is 19.2 Å². The molecule has 1 aliphatic rings. The van der Waals surface area contributed by atoms with E-state index in [0.717, 1.165) is 27.9 Å². The highest BCUT2D eigenvalue weighted by Crippen LogP contribution is 2.34. The van der Waals surface area contributed by atoms with Gasteiger partial charge in [0.1, 0.15) is 5.75 Å². The molecule has 1 fully saturated rings. The molecule has 194 valence electrons. The van der Waals surface area contributed by atoms with E-state index < -0.39 is 16.1 Å². The van der Waals surface area contributed by atoms with Crippen LogP contribution in [0.5, 0.6) is 5.75 Å². The average molecular weight is 532 g/mol. The van der Waals surface area contributed by atoms with E-state index in [4.69, 9.17) is 4.74 Å². The Bertz CT molecular complexity index is 1420. The standard InChI is InChI=1S/C28H25N3O6S/c1-18(2)22-8-4-5-9-23(22)29-26(32)17-37-21-13-11-19(12-14-21)15-25-27(33)30(28(34)38-25)16-20-7-3-6-10-24(20)31(35)36/h3-15,18H,16-17H2,1-2H3,(H,29,32)/b25-15-. The number of benzene rings is 3. The zero-order valence-corrected chi connectivity index (χ0v) is 21.6. The molecule has 1 heterocycles. The number of nitrogens with one attached hydrogen (secondary N) is 1. The van der Waals surface area contributed by atoms with Crippen molar-refractivity contribution in [3.8, 4) is 5.75 Å². The van der Waals surface area contributed by atoms with Crippen LogP contribution in [-0.4, -0.2) is 33.5 Å². The maximum atomic E-state index is 12.8. The van der Waals surface area contributed by atoms with Gasteiger partial charge in [-0.15, -0.1) is 0 Å². The van der Waals surface area contributed by atoms with Crippen LogP contribution in [-0.2, 0) is 16.1 Å². The number of amides is 3. The van der Waals surface area contributed by atoms with E-state index in [9.17, 15) is 24.5 Å². The number of rotatable bonds is 9. The highest BCUT2D eigenvalue weighted by Gasteiger charge is 2.36. The van der Waals surface area contributed by atoms with Crippen molar-refractivity contribution in [3.63, 3.8) is 0 Å². The lowest BCUT2D eigenvalue weighted by atomic mass is 10.0. The number of anilines is 1. The fraction of sp³-hybridized carbons (Fsp3) is 0.179. The molecule has 9 nitrogen and oxygen atoms in total. The Labute approximate surface area is 223 Å². The van der Waals surface area contributed by atoms with Crippen LogP contribution in [0.3, 0.4) is 0 Å². The number of hydrogen-bond acceptors (Lipinski definition) is 7. The molecule has 0 aliphatic carbocycles. The smallest absolute Gasteiger partial charge is 0.293 e. The molecule has 10 heteroatoms. The summed E-state index contributed by atoms with van der Waals surface area (Å²) in [5, 5.41) is 13.6. The Morgan fingerprint density at radius 2 is 1.74 bits per heavy atom. The summed E-state index contributed by atoms with van der Waals surface area (Å²) in [7, 11) is 0. The Balaban J connectivity index is 1.37. The van der Waals surface area contributed by atoms with Crippen LogP contribution >= 0.6 is 11.8 Å². The molecule has 4 rings (SSSR count). The number of thioether (sulfide) groups is 1. The number of para-hydroxylation sites is 2. The molecule has 0 aromatic heterocycles. The van der Waals surface area contributed by atoms with Gasteiger partial charge in [-0.05, 0) is 53.1 Å². The Morgan fingerprint density at radius 3 is 2.45 bits per heavy atom. The van der Waals surface area contributed by atoms with E-state index in [1.165, 1.54) is 18.2 Å². The van der Waals surface area contributed by atoms with E-state index in [1.807, 2.05) is 24.3 Å². The number of nitro groups is 1. The number of hydrogen-bond donors (Lipinski definition) is 1. The van der Waals surface area contributed by atoms with Gasteiger partial charge in [0.2, 0.25) is 0 Å². The number of ether oxygens (including phenoxy) is 1. The molecule has 1 N–H and O–H groups in total. The van der Waals surface area contributed by atoms with Crippen LogP contribution in [0.15, 0.2) is 77.7 Å². The monoisotopic (exact) mass is 531 g/mol. The molecule has 0 saturated carbocycles. The fourth-order valence-corrected chi connectivity index (χ4v) is 4.73. The van der Waals surface area contributed by atoms with Crippen LogP contribution in [0.1, 0.15) is 36.5 Å². The molecule has 0 radical (unpaired) electrons. The first-order valence-corrected chi connectivity index (χ1v) is 12.6. The number of nitrogens with zero attached hydrogens (tertiary/aromatic N) is 2. The quantitative estimate of drug-likeness (QED) is 0.205. The molecule has 0 bridgehead atoms. The molecule has 1 aliphatic heterocycles. The number of imide groups is 1. The van der Waals surface area contributed by atoms with E-state index in [1.54, 1.807) is 36.4 Å². The van der Waals surface area contributed by atoms with Crippen molar-refractivity contribution in [2.24, 2.45) is 0 Å². The van der Waals surface area contributed by atoms with Gasteiger partial charge in [-0.1, -0.05) is 62.4 Å². The molecule has 0 unspecified atom stereocenters. The van der Waals surface area contributed by atoms with Gasteiger partial charge < -0.3 is 10.1 Å². The van der Waals surface area contributed by atoms with Gasteiger partial charge in [0.25, 0.3) is 22.7 Å². The Hall–Kier alpha value is -4.44. The Kier molecular flexibility index (Phi) is 8.22. The van der Waals surface area contributed by atoms with Crippen molar-refractivity contribution in [3.05, 3.63) is 105 Å². The van der Waals surface area contributed by atoms with Crippen LogP contribution in [0.25, 0.3) is 6.08 Å². The largest absolute Gasteiger partial charge is 0.484 e. The van der Waals surface area contributed by atoms with E-state index >= 15 is 0 Å².